The van der Waals surface area contributed by atoms with E-state index in [-0.39, 0.29) is 0 Å². The molecule has 0 aliphatic heterocycles. The molecule has 1 unspecified atom stereocenters. The Morgan fingerprint density at radius 3 is 3.06 bits per heavy atom. The Balaban J connectivity index is 1.71. The summed E-state index contributed by atoms with van der Waals surface area (Å²) in [6.07, 6.45) is 5.65. The number of aryl methyl sites for hydroxylation is 2. The molecule has 0 bridgehead atoms. The van der Waals surface area contributed by atoms with E-state index in [1.165, 1.54) is 5.56 Å². The third-order valence-electron chi connectivity index (χ3n) is 2.98. The van der Waals surface area contributed by atoms with Crippen molar-refractivity contribution in [1.82, 2.24) is 15.5 Å². The second kappa shape index (κ2) is 5.68. The van der Waals surface area contributed by atoms with Gasteiger partial charge in [-0.25, -0.2) is 0 Å². The van der Waals surface area contributed by atoms with E-state index in [1.54, 1.807) is 6.26 Å². The van der Waals surface area contributed by atoms with E-state index in [9.17, 15) is 0 Å². The van der Waals surface area contributed by atoms with Gasteiger partial charge in [0.05, 0.1) is 12.5 Å². The maximum Gasteiger partial charge on any atom is 0.103 e. The Bertz CT molecular complexity index is 433. The highest BCUT2D eigenvalue weighted by Crippen LogP contribution is 2.07. The number of nitrogens with one attached hydrogen (secondary N) is 2. The molecule has 0 aliphatic carbocycles. The molecule has 2 rings (SSSR count). The molecule has 92 valence electrons. The molecule has 2 heterocycles. The summed E-state index contributed by atoms with van der Waals surface area (Å²) in [4.78, 5) is 0. The number of aromatic amines is 1. The summed E-state index contributed by atoms with van der Waals surface area (Å²) in [5.74, 6) is 1.05. The first-order chi connectivity index (χ1) is 8.25. The monoisotopic (exact) mass is 233 g/mol. The Hall–Kier alpha value is -1.55. The summed E-state index contributed by atoms with van der Waals surface area (Å²) >= 11 is 0. The minimum absolute atomic E-state index is 0.467. The Morgan fingerprint density at radius 1 is 1.53 bits per heavy atom. The number of nitrogens with zero attached hydrogens (tertiary/aromatic N) is 1. The standard InChI is InChI=1S/C13H19N3O/c1-10(5-6-13-4-3-7-17-13)14-8-12-9-15-16-11(12)2/h3-4,7,9-10,14H,5-6,8H2,1-2H3,(H,15,16). The lowest BCUT2D eigenvalue weighted by molar-refractivity contribution is 0.459. The fourth-order valence-corrected chi connectivity index (χ4v) is 1.75. The molecule has 1 atom stereocenters. The first-order valence-electron chi connectivity index (χ1n) is 6.00. The van der Waals surface area contributed by atoms with Gasteiger partial charge in [0.15, 0.2) is 0 Å². The third kappa shape index (κ3) is 3.46. The van der Waals surface area contributed by atoms with Gasteiger partial charge in [-0.2, -0.15) is 5.10 Å². The van der Waals surface area contributed by atoms with Crippen molar-refractivity contribution in [1.29, 1.82) is 0 Å². The molecule has 0 saturated heterocycles. The summed E-state index contributed by atoms with van der Waals surface area (Å²) in [7, 11) is 0. The van der Waals surface area contributed by atoms with E-state index >= 15 is 0 Å². The van der Waals surface area contributed by atoms with Crippen LogP contribution in [0.5, 0.6) is 0 Å². The summed E-state index contributed by atoms with van der Waals surface area (Å²) in [5.41, 5.74) is 2.37. The minimum Gasteiger partial charge on any atom is -0.469 e. The first-order valence-corrected chi connectivity index (χ1v) is 6.00. The Morgan fingerprint density at radius 2 is 2.41 bits per heavy atom. The lowest BCUT2D eigenvalue weighted by atomic mass is 10.1. The summed E-state index contributed by atoms with van der Waals surface area (Å²) in [6.45, 7) is 5.09. The molecule has 4 nitrogen and oxygen atoms in total. The van der Waals surface area contributed by atoms with Crippen molar-refractivity contribution in [3.8, 4) is 0 Å². The van der Waals surface area contributed by atoms with Crippen LogP contribution in [0.15, 0.2) is 29.0 Å². The van der Waals surface area contributed by atoms with Crippen molar-refractivity contribution < 1.29 is 4.42 Å². The quantitative estimate of drug-likeness (QED) is 0.805. The predicted octanol–water partition coefficient (Wildman–Crippen LogP) is 2.42. The van der Waals surface area contributed by atoms with Crippen LogP contribution in [0.3, 0.4) is 0 Å². The number of hydrogen-bond acceptors (Lipinski definition) is 3. The zero-order chi connectivity index (χ0) is 12.1. The van der Waals surface area contributed by atoms with E-state index in [2.05, 4.69) is 22.4 Å². The van der Waals surface area contributed by atoms with Gasteiger partial charge < -0.3 is 9.73 Å². The molecule has 17 heavy (non-hydrogen) atoms. The van der Waals surface area contributed by atoms with Gasteiger partial charge in [-0.3, -0.25) is 5.10 Å². The predicted molar refractivity (Wildman–Crippen MR) is 66.7 cm³/mol. The van der Waals surface area contributed by atoms with Gasteiger partial charge in [0.2, 0.25) is 0 Å². The highest BCUT2D eigenvalue weighted by Gasteiger charge is 2.05. The van der Waals surface area contributed by atoms with Crippen LogP contribution in [-0.2, 0) is 13.0 Å². The van der Waals surface area contributed by atoms with Crippen LogP contribution in [0.4, 0.5) is 0 Å². The number of H-pyrrole nitrogens is 1. The molecule has 0 aliphatic rings. The van der Waals surface area contributed by atoms with Crippen molar-refractivity contribution in [3.05, 3.63) is 41.6 Å². The maximum absolute atomic E-state index is 5.31. The lowest BCUT2D eigenvalue weighted by Crippen LogP contribution is -2.26. The van der Waals surface area contributed by atoms with Crippen LogP contribution in [0.2, 0.25) is 0 Å². The topological polar surface area (TPSA) is 53.9 Å². The van der Waals surface area contributed by atoms with Crippen LogP contribution < -0.4 is 5.32 Å². The number of furan rings is 1. The Kier molecular flexibility index (Phi) is 3.98. The van der Waals surface area contributed by atoms with E-state index in [0.717, 1.165) is 30.8 Å². The van der Waals surface area contributed by atoms with Crippen molar-refractivity contribution in [2.24, 2.45) is 0 Å². The van der Waals surface area contributed by atoms with Gasteiger partial charge in [-0.05, 0) is 32.4 Å². The molecule has 2 N–H and O–H groups in total. The second-order valence-corrected chi connectivity index (χ2v) is 4.42. The number of aromatic nitrogens is 2. The zero-order valence-corrected chi connectivity index (χ0v) is 10.4. The van der Waals surface area contributed by atoms with Gasteiger partial charge in [0, 0.05) is 30.3 Å². The molecule has 2 aromatic rings. The van der Waals surface area contributed by atoms with Crippen molar-refractivity contribution in [2.75, 3.05) is 0 Å². The van der Waals surface area contributed by atoms with E-state index < -0.39 is 0 Å². The molecule has 4 heteroatoms. The number of hydrogen-bond donors (Lipinski definition) is 2. The van der Waals surface area contributed by atoms with Gasteiger partial charge in [-0.15, -0.1) is 0 Å². The lowest BCUT2D eigenvalue weighted by Gasteiger charge is -2.12. The third-order valence-corrected chi connectivity index (χ3v) is 2.98. The molecule has 2 aromatic heterocycles. The van der Waals surface area contributed by atoms with Crippen LogP contribution in [0, 0.1) is 6.92 Å². The normalized spacial score (nSPS) is 12.8. The maximum atomic E-state index is 5.31. The van der Waals surface area contributed by atoms with Crippen molar-refractivity contribution in [3.63, 3.8) is 0 Å². The highest BCUT2D eigenvalue weighted by molar-refractivity contribution is 5.13. The van der Waals surface area contributed by atoms with Gasteiger partial charge in [-0.1, -0.05) is 0 Å². The molecule has 0 spiro atoms. The number of rotatable bonds is 6. The van der Waals surface area contributed by atoms with Crippen LogP contribution in [0.1, 0.15) is 30.4 Å². The molecule has 0 saturated carbocycles. The van der Waals surface area contributed by atoms with E-state index in [4.69, 9.17) is 4.42 Å². The van der Waals surface area contributed by atoms with E-state index in [0.29, 0.717) is 6.04 Å². The highest BCUT2D eigenvalue weighted by atomic mass is 16.3. The second-order valence-electron chi connectivity index (χ2n) is 4.42. The van der Waals surface area contributed by atoms with Crippen molar-refractivity contribution in [2.45, 2.75) is 39.3 Å². The van der Waals surface area contributed by atoms with Crippen LogP contribution >= 0.6 is 0 Å². The van der Waals surface area contributed by atoms with Gasteiger partial charge in [0.25, 0.3) is 0 Å². The van der Waals surface area contributed by atoms with Gasteiger partial charge >= 0.3 is 0 Å². The average molecular weight is 233 g/mol. The molecule has 0 fully saturated rings. The average Bonchev–Trinajstić information content (AvgIpc) is 2.95. The fraction of sp³-hybridized carbons (Fsp3) is 0.462. The fourth-order valence-electron chi connectivity index (χ4n) is 1.75. The molecular weight excluding hydrogens is 214 g/mol. The smallest absolute Gasteiger partial charge is 0.103 e. The first kappa shape index (κ1) is 11.9. The van der Waals surface area contributed by atoms with Crippen LogP contribution in [-0.4, -0.2) is 16.2 Å². The summed E-state index contributed by atoms with van der Waals surface area (Å²) in [6, 6.07) is 4.42. The molecule has 0 aromatic carbocycles. The zero-order valence-electron chi connectivity index (χ0n) is 10.4. The molecular formula is C13H19N3O. The van der Waals surface area contributed by atoms with Gasteiger partial charge in [0.1, 0.15) is 5.76 Å². The summed E-state index contributed by atoms with van der Waals surface area (Å²) in [5, 5.41) is 10.4. The van der Waals surface area contributed by atoms with Crippen LogP contribution in [0.25, 0.3) is 0 Å². The summed E-state index contributed by atoms with van der Waals surface area (Å²) < 4.78 is 5.31. The molecule has 0 radical (unpaired) electrons. The Labute approximate surface area is 101 Å². The van der Waals surface area contributed by atoms with Crippen molar-refractivity contribution >= 4 is 0 Å². The SMILES string of the molecule is Cc1[nH]ncc1CNC(C)CCc1ccco1. The largest absolute Gasteiger partial charge is 0.469 e. The minimum atomic E-state index is 0.467. The van der Waals surface area contributed by atoms with E-state index in [1.807, 2.05) is 25.3 Å². The molecule has 0 amide bonds.